The third-order valence-electron chi connectivity index (χ3n) is 8.23. The Morgan fingerprint density at radius 2 is 1.92 bits per heavy atom. The van der Waals surface area contributed by atoms with Gasteiger partial charge in [0.25, 0.3) is 5.91 Å². The number of aromatic nitrogens is 3. The number of para-hydroxylation sites is 1. The summed E-state index contributed by atoms with van der Waals surface area (Å²) in [6.45, 7) is 3.86. The molecule has 1 saturated heterocycles. The van der Waals surface area contributed by atoms with Crippen LogP contribution in [0.15, 0.2) is 48.8 Å². The number of fused-ring (bicyclic) bond motifs is 2. The highest BCUT2D eigenvalue weighted by molar-refractivity contribution is 6.30. The molecule has 192 valence electrons. The van der Waals surface area contributed by atoms with Gasteiger partial charge in [-0.25, -0.2) is 0 Å². The number of hydrogen-bond donors (Lipinski definition) is 1. The maximum absolute atomic E-state index is 13.8. The van der Waals surface area contributed by atoms with Crippen LogP contribution in [0.3, 0.4) is 0 Å². The fraction of sp³-hybridized carbons (Fsp3) is 0.429. The molecule has 4 heterocycles. The first-order valence-electron chi connectivity index (χ1n) is 12.9. The predicted molar refractivity (Wildman–Crippen MR) is 143 cm³/mol. The van der Waals surface area contributed by atoms with E-state index in [1.54, 1.807) is 16.9 Å². The van der Waals surface area contributed by atoms with E-state index in [-0.39, 0.29) is 17.9 Å². The lowest BCUT2D eigenvalue weighted by Gasteiger charge is -2.47. The van der Waals surface area contributed by atoms with Crippen molar-refractivity contribution in [3.63, 3.8) is 0 Å². The predicted octanol–water partition coefficient (Wildman–Crippen LogP) is 3.87. The van der Waals surface area contributed by atoms with Gasteiger partial charge in [-0.05, 0) is 56.2 Å². The first kappa shape index (κ1) is 24.0. The molecule has 37 heavy (non-hydrogen) atoms. The SMILES string of the molecule is Cc1ncc(Cl)cc1C(=O)NC1CCC(CN2C(=O)C3(CN(c4ccn(C)n4)C3)c3ccccc32)CC1. The molecule has 1 aliphatic carbocycles. The van der Waals surface area contributed by atoms with Crippen molar-refractivity contribution in [2.75, 3.05) is 29.4 Å². The molecule has 2 aromatic heterocycles. The van der Waals surface area contributed by atoms with Crippen molar-refractivity contribution in [1.29, 1.82) is 0 Å². The second-order valence-corrected chi connectivity index (χ2v) is 11.1. The second kappa shape index (κ2) is 9.17. The van der Waals surface area contributed by atoms with Gasteiger partial charge in [0.2, 0.25) is 5.91 Å². The van der Waals surface area contributed by atoms with E-state index in [0.29, 0.717) is 35.3 Å². The fourth-order valence-corrected chi connectivity index (χ4v) is 6.33. The lowest BCUT2D eigenvalue weighted by atomic mass is 9.74. The number of nitrogens with one attached hydrogen (secondary N) is 1. The Balaban J connectivity index is 1.09. The van der Waals surface area contributed by atoms with Crippen molar-refractivity contribution in [3.8, 4) is 0 Å². The summed E-state index contributed by atoms with van der Waals surface area (Å²) in [4.78, 5) is 35.0. The lowest BCUT2D eigenvalue weighted by molar-refractivity contribution is -0.124. The fourth-order valence-electron chi connectivity index (χ4n) is 6.17. The van der Waals surface area contributed by atoms with Gasteiger partial charge in [0.15, 0.2) is 5.82 Å². The van der Waals surface area contributed by atoms with Gasteiger partial charge in [-0.3, -0.25) is 19.3 Å². The van der Waals surface area contributed by atoms with Crippen LogP contribution in [0.4, 0.5) is 11.5 Å². The largest absolute Gasteiger partial charge is 0.352 e. The van der Waals surface area contributed by atoms with Crippen LogP contribution in [0.1, 0.15) is 47.3 Å². The zero-order valence-corrected chi connectivity index (χ0v) is 21.9. The van der Waals surface area contributed by atoms with Crippen LogP contribution in [-0.2, 0) is 17.3 Å². The summed E-state index contributed by atoms with van der Waals surface area (Å²) in [6.07, 6.45) is 7.22. The maximum atomic E-state index is 13.8. The third-order valence-corrected chi connectivity index (χ3v) is 8.44. The average Bonchev–Trinajstić information content (AvgIpc) is 3.40. The molecule has 0 radical (unpaired) electrons. The normalized spacial score (nSPS) is 22.2. The van der Waals surface area contributed by atoms with Gasteiger partial charge in [-0.1, -0.05) is 29.8 Å². The number of pyridine rings is 1. The number of halogens is 1. The van der Waals surface area contributed by atoms with E-state index < -0.39 is 5.41 Å². The lowest BCUT2D eigenvalue weighted by Crippen LogP contribution is -2.64. The van der Waals surface area contributed by atoms with Crippen molar-refractivity contribution in [3.05, 3.63) is 70.6 Å². The van der Waals surface area contributed by atoms with Crippen molar-refractivity contribution >= 4 is 34.9 Å². The molecule has 0 bridgehead atoms. The summed E-state index contributed by atoms with van der Waals surface area (Å²) in [6, 6.07) is 12.0. The third kappa shape index (κ3) is 4.17. The molecule has 2 amide bonds. The van der Waals surface area contributed by atoms with E-state index in [0.717, 1.165) is 49.3 Å². The molecule has 3 aromatic rings. The minimum atomic E-state index is -0.484. The van der Waals surface area contributed by atoms with Crippen LogP contribution < -0.4 is 15.1 Å². The van der Waals surface area contributed by atoms with E-state index in [1.807, 2.05) is 43.3 Å². The van der Waals surface area contributed by atoms with Gasteiger partial charge in [-0.15, -0.1) is 0 Å². The van der Waals surface area contributed by atoms with E-state index in [1.165, 1.54) is 0 Å². The van der Waals surface area contributed by atoms with Crippen LogP contribution in [-0.4, -0.2) is 52.3 Å². The molecule has 0 unspecified atom stereocenters. The number of aryl methyl sites for hydroxylation is 2. The highest BCUT2D eigenvalue weighted by Gasteiger charge is 2.58. The summed E-state index contributed by atoms with van der Waals surface area (Å²) in [7, 11) is 1.91. The van der Waals surface area contributed by atoms with Gasteiger partial charge >= 0.3 is 0 Å². The van der Waals surface area contributed by atoms with Crippen molar-refractivity contribution in [1.82, 2.24) is 20.1 Å². The van der Waals surface area contributed by atoms with E-state index in [4.69, 9.17) is 11.6 Å². The summed E-state index contributed by atoms with van der Waals surface area (Å²) in [5.74, 6) is 1.41. The molecule has 1 spiro atoms. The van der Waals surface area contributed by atoms with E-state index in [2.05, 4.69) is 32.4 Å². The summed E-state index contributed by atoms with van der Waals surface area (Å²) in [5, 5.41) is 8.14. The van der Waals surface area contributed by atoms with Crippen LogP contribution in [0.2, 0.25) is 5.02 Å². The summed E-state index contributed by atoms with van der Waals surface area (Å²) in [5.41, 5.74) is 2.90. The Morgan fingerprint density at radius 1 is 1.16 bits per heavy atom. The highest BCUT2D eigenvalue weighted by atomic mass is 35.5. The standard InChI is InChI=1S/C28H31ClN6O2/c1-18-22(13-20(29)14-30-18)26(36)31-21-9-7-19(8-10-21)15-35-24-6-4-3-5-23(24)28(27(35)37)16-34(17-28)25-11-12-33(2)32-25/h3-6,11-14,19,21H,7-10,15-17H2,1-2H3,(H,31,36). The molecular weight excluding hydrogens is 488 g/mol. The van der Waals surface area contributed by atoms with E-state index >= 15 is 0 Å². The molecule has 9 heteroatoms. The van der Waals surface area contributed by atoms with Crippen molar-refractivity contribution in [2.24, 2.45) is 13.0 Å². The molecule has 1 aromatic carbocycles. The Labute approximate surface area is 221 Å². The van der Waals surface area contributed by atoms with Crippen LogP contribution in [0.5, 0.6) is 0 Å². The van der Waals surface area contributed by atoms with Crippen LogP contribution >= 0.6 is 11.6 Å². The van der Waals surface area contributed by atoms with Gasteiger partial charge in [0.1, 0.15) is 5.41 Å². The first-order chi connectivity index (χ1) is 17.8. The zero-order valence-electron chi connectivity index (χ0n) is 21.2. The van der Waals surface area contributed by atoms with Gasteiger partial charge in [0, 0.05) is 56.9 Å². The molecule has 2 fully saturated rings. The molecule has 0 atom stereocenters. The number of benzene rings is 1. The Morgan fingerprint density at radius 3 is 2.65 bits per heavy atom. The Hall–Kier alpha value is -3.39. The first-order valence-corrected chi connectivity index (χ1v) is 13.3. The van der Waals surface area contributed by atoms with Gasteiger partial charge in [-0.2, -0.15) is 5.10 Å². The molecular formula is C28H31ClN6O2. The van der Waals surface area contributed by atoms with Crippen molar-refractivity contribution in [2.45, 2.75) is 44.1 Å². The molecule has 1 N–H and O–H groups in total. The quantitative estimate of drug-likeness (QED) is 0.554. The molecule has 1 saturated carbocycles. The molecule has 3 aliphatic rings. The number of anilines is 2. The molecule has 6 rings (SSSR count). The summed E-state index contributed by atoms with van der Waals surface area (Å²) >= 11 is 6.04. The molecule has 8 nitrogen and oxygen atoms in total. The van der Waals surface area contributed by atoms with Crippen LogP contribution in [0.25, 0.3) is 0 Å². The minimum Gasteiger partial charge on any atom is -0.352 e. The Kier molecular flexibility index (Phi) is 5.94. The maximum Gasteiger partial charge on any atom is 0.253 e. The average molecular weight is 519 g/mol. The Bertz CT molecular complexity index is 1360. The van der Waals surface area contributed by atoms with Gasteiger partial charge in [0.05, 0.1) is 16.3 Å². The number of hydrogen-bond acceptors (Lipinski definition) is 5. The minimum absolute atomic E-state index is 0.119. The topological polar surface area (TPSA) is 83.4 Å². The number of amides is 2. The van der Waals surface area contributed by atoms with Gasteiger partial charge < -0.3 is 15.1 Å². The van der Waals surface area contributed by atoms with Crippen LogP contribution in [0, 0.1) is 12.8 Å². The molecule has 2 aliphatic heterocycles. The highest BCUT2D eigenvalue weighted by Crippen LogP contribution is 2.48. The number of carbonyl (C=O) groups is 2. The number of carbonyl (C=O) groups excluding carboxylic acids is 2. The van der Waals surface area contributed by atoms with Crippen molar-refractivity contribution < 1.29 is 9.59 Å². The zero-order chi connectivity index (χ0) is 25.7. The number of nitrogens with zero attached hydrogens (tertiary/aromatic N) is 5. The van der Waals surface area contributed by atoms with E-state index in [9.17, 15) is 9.59 Å². The monoisotopic (exact) mass is 518 g/mol. The summed E-state index contributed by atoms with van der Waals surface area (Å²) < 4.78 is 1.79. The number of rotatable bonds is 5. The second-order valence-electron chi connectivity index (χ2n) is 10.7. The smallest absolute Gasteiger partial charge is 0.253 e.